The van der Waals surface area contributed by atoms with Crippen molar-refractivity contribution in [2.24, 2.45) is 0 Å². The smallest absolute Gasteiger partial charge is 0.0933 e. The maximum absolute atomic E-state index is 5.65. The van der Waals surface area contributed by atoms with Crippen molar-refractivity contribution in [3.8, 4) is 33.6 Å². The van der Waals surface area contributed by atoms with E-state index in [-0.39, 0.29) is 11.3 Å². The second-order valence-electron chi connectivity index (χ2n) is 12.8. The van der Waals surface area contributed by atoms with Crippen molar-refractivity contribution in [3.05, 3.63) is 150 Å². The molecule has 2 aliphatic rings. The molecule has 1 atom stereocenters. The number of nitrogens with zero attached hydrogens (tertiary/aromatic N) is 3. The molecule has 210 valence electrons. The fourth-order valence-electron chi connectivity index (χ4n) is 7.63. The first kappa shape index (κ1) is 25.4. The van der Waals surface area contributed by atoms with E-state index in [4.69, 9.17) is 15.0 Å². The van der Waals surface area contributed by atoms with E-state index in [0.29, 0.717) is 0 Å². The van der Waals surface area contributed by atoms with E-state index in [1.54, 1.807) is 0 Å². The van der Waals surface area contributed by atoms with Gasteiger partial charge >= 0.3 is 0 Å². The van der Waals surface area contributed by atoms with Crippen LogP contribution in [0.4, 0.5) is 0 Å². The largest absolute Gasteiger partial charge is 0.256 e. The van der Waals surface area contributed by atoms with Gasteiger partial charge in [-0.15, -0.1) is 0 Å². The quantitative estimate of drug-likeness (QED) is 0.209. The molecule has 0 saturated heterocycles. The second kappa shape index (κ2) is 9.42. The summed E-state index contributed by atoms with van der Waals surface area (Å²) in [6.45, 7) is 4.56. The summed E-state index contributed by atoms with van der Waals surface area (Å²) in [6.07, 6.45) is 3.79. The van der Waals surface area contributed by atoms with Gasteiger partial charge in [-0.3, -0.25) is 4.98 Å². The highest BCUT2D eigenvalue weighted by atomic mass is 14.9. The molecule has 2 heterocycles. The van der Waals surface area contributed by atoms with Crippen molar-refractivity contribution in [3.63, 3.8) is 0 Å². The van der Waals surface area contributed by atoms with Crippen molar-refractivity contribution in [1.29, 1.82) is 0 Å². The summed E-state index contributed by atoms with van der Waals surface area (Å²) in [6, 6.07) is 41.8. The van der Waals surface area contributed by atoms with Crippen molar-refractivity contribution < 1.29 is 0 Å². The van der Waals surface area contributed by atoms with Crippen LogP contribution in [0.2, 0.25) is 0 Å². The van der Waals surface area contributed by atoms with E-state index < -0.39 is 0 Å². The molecule has 0 saturated carbocycles. The highest BCUT2D eigenvalue weighted by Gasteiger charge is 2.40. The Balaban J connectivity index is 1.31. The van der Waals surface area contributed by atoms with Gasteiger partial charge in [0.2, 0.25) is 0 Å². The number of hydrogen-bond acceptors (Lipinski definition) is 3. The van der Waals surface area contributed by atoms with E-state index in [0.717, 1.165) is 52.1 Å². The van der Waals surface area contributed by atoms with Crippen molar-refractivity contribution in [2.45, 2.75) is 38.0 Å². The van der Waals surface area contributed by atoms with Crippen LogP contribution < -0.4 is 0 Å². The molecule has 1 unspecified atom stereocenters. The van der Waals surface area contributed by atoms with Gasteiger partial charge in [-0.05, 0) is 69.6 Å². The number of aryl methyl sites for hydroxylation is 1. The molecule has 0 fully saturated rings. The molecule has 5 aromatic carbocycles. The van der Waals surface area contributed by atoms with Crippen LogP contribution in [0.25, 0.3) is 55.3 Å². The number of hydrogen-bond donors (Lipinski definition) is 0. The first-order chi connectivity index (χ1) is 21.6. The topological polar surface area (TPSA) is 38.7 Å². The van der Waals surface area contributed by atoms with Crippen LogP contribution in [0.5, 0.6) is 0 Å². The molecular weight excluding hydrogens is 534 g/mol. The van der Waals surface area contributed by atoms with Gasteiger partial charge in [-0.1, -0.05) is 111 Å². The number of rotatable bonds is 2. The second-order valence-corrected chi connectivity index (χ2v) is 12.8. The summed E-state index contributed by atoms with van der Waals surface area (Å²) < 4.78 is 0. The van der Waals surface area contributed by atoms with Crippen LogP contribution >= 0.6 is 0 Å². The van der Waals surface area contributed by atoms with Gasteiger partial charge < -0.3 is 0 Å². The van der Waals surface area contributed by atoms with Gasteiger partial charge in [0.05, 0.1) is 28.3 Å². The zero-order valence-corrected chi connectivity index (χ0v) is 24.9. The average molecular weight is 566 g/mol. The maximum Gasteiger partial charge on any atom is 0.0933 e. The minimum Gasteiger partial charge on any atom is -0.256 e. The zero-order chi connectivity index (χ0) is 29.4. The lowest BCUT2D eigenvalue weighted by Crippen LogP contribution is -2.19. The molecule has 0 amide bonds. The lowest BCUT2D eigenvalue weighted by molar-refractivity contribution is 0.630. The number of fused-ring (bicyclic) bond motifs is 8. The Morgan fingerprint density at radius 1 is 0.636 bits per heavy atom. The molecule has 0 bridgehead atoms. The summed E-state index contributed by atoms with van der Waals surface area (Å²) in [5, 5.41) is 3.70. The molecule has 3 heteroatoms. The Morgan fingerprint density at radius 3 is 2.27 bits per heavy atom. The third-order valence-electron chi connectivity index (χ3n) is 9.88. The molecule has 0 N–H and O–H groups in total. The van der Waals surface area contributed by atoms with Crippen LogP contribution in [0, 0.1) is 0 Å². The van der Waals surface area contributed by atoms with Crippen molar-refractivity contribution >= 4 is 21.7 Å². The van der Waals surface area contributed by atoms with E-state index in [1.165, 1.54) is 44.2 Å². The van der Waals surface area contributed by atoms with Crippen molar-refractivity contribution in [2.75, 3.05) is 0 Å². The Bertz CT molecular complexity index is 2280. The monoisotopic (exact) mass is 565 g/mol. The molecule has 7 aromatic rings. The van der Waals surface area contributed by atoms with Crippen LogP contribution in [0.1, 0.15) is 54.3 Å². The third-order valence-corrected chi connectivity index (χ3v) is 9.88. The average Bonchev–Trinajstić information content (AvgIpc) is 3.18. The Labute approximate surface area is 257 Å². The summed E-state index contributed by atoms with van der Waals surface area (Å²) in [5.74, 6) is 0.0878. The summed E-state index contributed by atoms with van der Waals surface area (Å²) >= 11 is 0. The Morgan fingerprint density at radius 2 is 1.39 bits per heavy atom. The normalized spacial score (nSPS) is 16.2. The molecule has 0 aliphatic heterocycles. The van der Waals surface area contributed by atoms with E-state index >= 15 is 0 Å². The Hall–Kier alpha value is -5.15. The van der Waals surface area contributed by atoms with Crippen LogP contribution in [-0.4, -0.2) is 15.0 Å². The highest BCUT2D eigenvalue weighted by Crippen LogP contribution is 2.50. The van der Waals surface area contributed by atoms with Crippen LogP contribution in [0.3, 0.4) is 0 Å². The number of aromatic nitrogens is 3. The molecular formula is C41H31N3. The molecule has 44 heavy (non-hydrogen) atoms. The zero-order valence-electron chi connectivity index (χ0n) is 24.9. The highest BCUT2D eigenvalue weighted by molar-refractivity contribution is 5.91. The molecule has 0 radical (unpaired) electrons. The summed E-state index contributed by atoms with van der Waals surface area (Å²) in [4.78, 5) is 15.9. The molecule has 2 aromatic heterocycles. The summed E-state index contributed by atoms with van der Waals surface area (Å²) in [5.41, 5.74) is 13.7. The van der Waals surface area contributed by atoms with Crippen LogP contribution in [-0.2, 0) is 11.8 Å². The molecule has 9 rings (SSSR count). The first-order valence-corrected chi connectivity index (χ1v) is 15.5. The lowest BCUT2D eigenvalue weighted by atomic mass is 9.84. The third kappa shape index (κ3) is 3.72. The molecule has 3 nitrogen and oxygen atoms in total. The Kier molecular flexibility index (Phi) is 5.43. The standard InChI is InChI=1S/C41H31N3/c1-41(2)35-16-8-7-15-33(35)39-40(41)44-37(29-18-17-25-12-9-21-42-36(25)24-29)38(43-39)32-20-19-28-22-26-10-3-4-11-27(26)23-34(28)31-14-6-5-13-30(31)32/h3-18,21-24,32H,19-20H2,1-2H3. The van der Waals surface area contributed by atoms with Gasteiger partial charge in [0, 0.05) is 34.0 Å². The molecule has 2 aliphatic carbocycles. The van der Waals surface area contributed by atoms with E-state index in [9.17, 15) is 0 Å². The fraction of sp³-hybridized carbons (Fsp3) is 0.146. The summed E-state index contributed by atoms with van der Waals surface area (Å²) in [7, 11) is 0. The number of pyridine rings is 1. The lowest BCUT2D eigenvalue weighted by Gasteiger charge is -2.24. The van der Waals surface area contributed by atoms with E-state index in [2.05, 4.69) is 123 Å². The minimum atomic E-state index is -0.237. The van der Waals surface area contributed by atoms with Gasteiger partial charge in [0.1, 0.15) is 0 Å². The van der Waals surface area contributed by atoms with Gasteiger partial charge in [0.15, 0.2) is 0 Å². The SMILES string of the molecule is CC1(C)c2ccccc2-c2nc(C3CCc4cc5ccccc5cc4-c4ccccc43)c(-c3ccc4cccnc4c3)nc21. The molecule has 0 spiro atoms. The first-order valence-electron chi connectivity index (χ1n) is 15.5. The number of benzene rings is 5. The van der Waals surface area contributed by atoms with Gasteiger partial charge in [-0.25, -0.2) is 9.97 Å². The fourth-order valence-corrected chi connectivity index (χ4v) is 7.63. The van der Waals surface area contributed by atoms with Crippen LogP contribution in [0.15, 0.2) is 121 Å². The minimum absolute atomic E-state index is 0.0878. The predicted molar refractivity (Wildman–Crippen MR) is 180 cm³/mol. The predicted octanol–water partition coefficient (Wildman–Crippen LogP) is 9.90. The maximum atomic E-state index is 5.65. The van der Waals surface area contributed by atoms with Gasteiger partial charge in [0.25, 0.3) is 0 Å². The van der Waals surface area contributed by atoms with Crippen molar-refractivity contribution in [1.82, 2.24) is 15.0 Å². The van der Waals surface area contributed by atoms with E-state index in [1.807, 2.05) is 12.3 Å². The van der Waals surface area contributed by atoms with Gasteiger partial charge in [-0.2, -0.15) is 0 Å².